The van der Waals surface area contributed by atoms with Gasteiger partial charge < -0.3 is 5.32 Å². The zero-order valence-electron chi connectivity index (χ0n) is 13.9. The van der Waals surface area contributed by atoms with E-state index in [4.69, 9.17) is 0 Å². The summed E-state index contributed by atoms with van der Waals surface area (Å²) < 4.78 is 13.0. The van der Waals surface area contributed by atoms with Crippen LogP contribution < -0.4 is 5.32 Å². The first-order chi connectivity index (χ1) is 12.0. The van der Waals surface area contributed by atoms with Crippen LogP contribution in [0, 0.1) is 11.9 Å². The van der Waals surface area contributed by atoms with Crippen molar-refractivity contribution in [3.63, 3.8) is 0 Å². The van der Waals surface area contributed by atoms with Gasteiger partial charge in [0.15, 0.2) is 0 Å². The molecule has 2 bridgehead atoms. The quantitative estimate of drug-likeness (QED) is 0.309. The molecule has 5 heterocycles. The van der Waals surface area contributed by atoms with Crippen LogP contribution in [0.3, 0.4) is 0 Å². The molecule has 0 aromatic carbocycles. The lowest BCUT2D eigenvalue weighted by molar-refractivity contribution is 0.0254. The molecule has 0 radical (unpaired) electrons. The molecule has 5 nitrogen and oxygen atoms in total. The maximum Gasteiger partial charge on any atom is 0.323 e. The number of halogens is 2. The van der Waals surface area contributed by atoms with E-state index >= 15 is 0 Å². The topological polar surface area (TPSA) is 48.5 Å². The van der Waals surface area contributed by atoms with Crippen LogP contribution in [0.15, 0.2) is 24.5 Å². The molecular weight excluding hydrogens is 454 g/mol. The largest absolute Gasteiger partial charge is 0.333 e. The molecule has 1 aromatic rings. The van der Waals surface area contributed by atoms with Crippen LogP contribution in [-0.4, -0.2) is 49.4 Å². The van der Waals surface area contributed by atoms with Crippen LogP contribution in [0.1, 0.15) is 25.3 Å². The van der Waals surface area contributed by atoms with Crippen molar-refractivity contribution in [3.8, 4) is 0 Å². The van der Waals surface area contributed by atoms with E-state index in [9.17, 15) is 9.18 Å². The Morgan fingerprint density at radius 3 is 2.80 bits per heavy atom. The Labute approximate surface area is 164 Å². The fourth-order valence-electron chi connectivity index (χ4n) is 3.95. The number of thioether (sulfide) groups is 1. The van der Waals surface area contributed by atoms with Crippen LogP contribution in [0.4, 0.5) is 9.18 Å². The third kappa shape index (κ3) is 3.40. The lowest BCUT2D eigenvalue weighted by atomic mass is 9.79. The van der Waals surface area contributed by atoms with Crippen molar-refractivity contribution in [3.05, 3.63) is 36.0 Å². The van der Waals surface area contributed by atoms with Gasteiger partial charge in [-0.1, -0.05) is 11.8 Å². The van der Waals surface area contributed by atoms with Crippen LogP contribution in [0.2, 0.25) is 0 Å². The average Bonchev–Trinajstić information content (AvgIpc) is 3.01. The van der Waals surface area contributed by atoms with E-state index in [2.05, 4.69) is 44.7 Å². The molecule has 0 spiro atoms. The van der Waals surface area contributed by atoms with E-state index in [1.807, 2.05) is 6.20 Å². The van der Waals surface area contributed by atoms with Gasteiger partial charge in [0, 0.05) is 34.9 Å². The SMILES string of the molecule is C[C@H]1[C@H](NC(=O)N2C=C(c3ccc(F)nc3)SC2I)C2CCN1CC2. The highest BCUT2D eigenvalue weighted by atomic mass is 127. The minimum Gasteiger partial charge on any atom is -0.333 e. The van der Waals surface area contributed by atoms with Gasteiger partial charge in [0.05, 0.1) is 0 Å². The van der Waals surface area contributed by atoms with Gasteiger partial charge in [-0.2, -0.15) is 4.39 Å². The number of piperidine rings is 3. The van der Waals surface area contributed by atoms with Crippen molar-refractivity contribution < 1.29 is 9.18 Å². The highest BCUT2D eigenvalue weighted by molar-refractivity contribution is 14.1. The van der Waals surface area contributed by atoms with Gasteiger partial charge in [-0.15, -0.1) is 0 Å². The number of pyridine rings is 1. The molecule has 0 saturated carbocycles. The molecule has 25 heavy (non-hydrogen) atoms. The Hall–Kier alpha value is -0.870. The Morgan fingerprint density at radius 1 is 1.40 bits per heavy atom. The maximum absolute atomic E-state index is 13.0. The monoisotopic (exact) mass is 474 g/mol. The summed E-state index contributed by atoms with van der Waals surface area (Å²) in [7, 11) is 0. The first-order valence-corrected chi connectivity index (χ1v) is 10.6. The zero-order valence-corrected chi connectivity index (χ0v) is 16.8. The first-order valence-electron chi connectivity index (χ1n) is 8.50. The van der Waals surface area contributed by atoms with Crippen molar-refractivity contribution in [1.82, 2.24) is 20.1 Å². The second-order valence-corrected chi connectivity index (χ2v) is 9.92. The number of fused-ring (bicyclic) bond motifs is 3. The van der Waals surface area contributed by atoms with Crippen molar-refractivity contribution in [2.75, 3.05) is 13.1 Å². The van der Waals surface area contributed by atoms with Gasteiger partial charge in [-0.05, 0) is 73.5 Å². The van der Waals surface area contributed by atoms with Crippen LogP contribution >= 0.6 is 34.4 Å². The fourth-order valence-corrected chi connectivity index (χ4v) is 6.10. The smallest absolute Gasteiger partial charge is 0.323 e. The Balaban J connectivity index is 1.47. The highest BCUT2D eigenvalue weighted by Gasteiger charge is 2.41. The van der Waals surface area contributed by atoms with Gasteiger partial charge in [-0.25, -0.2) is 9.78 Å². The molecule has 4 aliphatic heterocycles. The van der Waals surface area contributed by atoms with Crippen molar-refractivity contribution in [2.45, 2.75) is 35.2 Å². The predicted molar refractivity (Wildman–Crippen MR) is 105 cm³/mol. The first kappa shape index (κ1) is 17.5. The van der Waals surface area contributed by atoms with Gasteiger partial charge in [0.2, 0.25) is 5.95 Å². The second kappa shape index (κ2) is 7.03. The summed E-state index contributed by atoms with van der Waals surface area (Å²) in [6, 6.07) is 3.60. The summed E-state index contributed by atoms with van der Waals surface area (Å²) >= 11 is 3.83. The van der Waals surface area contributed by atoms with Gasteiger partial charge >= 0.3 is 6.03 Å². The van der Waals surface area contributed by atoms with Crippen molar-refractivity contribution in [2.24, 2.45) is 5.92 Å². The molecule has 0 aliphatic carbocycles. The molecular formula is C17H20FIN4OS. The van der Waals surface area contributed by atoms with Gasteiger partial charge in [-0.3, -0.25) is 9.80 Å². The third-order valence-corrected chi connectivity index (χ3v) is 7.79. The highest BCUT2D eigenvalue weighted by Crippen LogP contribution is 2.42. The number of hydrogen-bond donors (Lipinski definition) is 1. The van der Waals surface area contributed by atoms with E-state index < -0.39 is 5.95 Å². The Morgan fingerprint density at radius 2 is 2.16 bits per heavy atom. The van der Waals surface area contributed by atoms with Crippen LogP contribution in [0.25, 0.3) is 4.91 Å². The van der Waals surface area contributed by atoms with Gasteiger partial charge in [0.25, 0.3) is 0 Å². The third-order valence-electron chi connectivity index (χ3n) is 5.41. The lowest BCUT2D eigenvalue weighted by Crippen LogP contribution is -2.63. The molecule has 134 valence electrons. The van der Waals surface area contributed by atoms with E-state index in [0.29, 0.717) is 12.0 Å². The lowest BCUT2D eigenvalue weighted by Gasteiger charge is -2.50. The molecule has 8 heteroatoms. The van der Waals surface area contributed by atoms with E-state index in [1.54, 1.807) is 22.7 Å². The second-order valence-electron chi connectivity index (χ2n) is 6.77. The number of carbonyl (C=O) groups excluding carboxylic acids is 1. The number of carbonyl (C=O) groups is 1. The predicted octanol–water partition coefficient (Wildman–Crippen LogP) is 3.48. The van der Waals surface area contributed by atoms with E-state index in [1.165, 1.54) is 25.1 Å². The van der Waals surface area contributed by atoms with E-state index in [-0.39, 0.29) is 15.5 Å². The van der Waals surface area contributed by atoms with Crippen molar-refractivity contribution in [1.29, 1.82) is 0 Å². The number of nitrogens with one attached hydrogen (secondary N) is 1. The molecule has 3 saturated heterocycles. The fraction of sp³-hybridized carbons (Fsp3) is 0.529. The number of hydrogen-bond acceptors (Lipinski definition) is 4. The molecule has 1 unspecified atom stereocenters. The molecule has 3 atom stereocenters. The number of alkyl halides is 1. The minimum absolute atomic E-state index is 0.0194. The zero-order chi connectivity index (χ0) is 17.6. The van der Waals surface area contributed by atoms with Gasteiger partial charge in [0.1, 0.15) is 3.38 Å². The molecule has 5 rings (SSSR count). The summed E-state index contributed by atoms with van der Waals surface area (Å²) in [4.78, 5) is 21.7. The van der Waals surface area contributed by atoms with Crippen LogP contribution in [-0.2, 0) is 0 Å². The molecule has 2 amide bonds. The number of nitrogens with zero attached hydrogens (tertiary/aromatic N) is 3. The summed E-state index contributed by atoms with van der Waals surface area (Å²) in [5, 5.41) is 3.26. The number of rotatable bonds is 2. The Bertz CT molecular complexity index is 690. The normalized spacial score (nSPS) is 34.1. The minimum atomic E-state index is -0.496. The van der Waals surface area contributed by atoms with Crippen LogP contribution in [0.5, 0.6) is 0 Å². The summed E-state index contributed by atoms with van der Waals surface area (Å²) in [5.74, 6) is 0.0842. The van der Waals surface area contributed by atoms with E-state index in [0.717, 1.165) is 23.6 Å². The Kier molecular flexibility index (Phi) is 4.93. The standard InChI is InChI=1S/C17H20FIN4OS/c1-10-15(11-4-6-22(10)7-5-11)21-17(24)23-9-13(25-16(23)19)12-2-3-14(18)20-8-12/h2-3,8-11,15-16H,4-7H2,1H3,(H,21,24)/t10-,15-,16?/m0/s1. The number of aromatic nitrogens is 1. The average molecular weight is 474 g/mol. The summed E-state index contributed by atoms with van der Waals surface area (Å²) in [5.41, 5.74) is 0.833. The number of urea groups is 1. The molecule has 1 N–H and O–H groups in total. The molecule has 1 aromatic heterocycles. The number of amides is 2. The summed E-state index contributed by atoms with van der Waals surface area (Å²) in [6.45, 7) is 4.50. The molecule has 3 fully saturated rings. The van der Waals surface area contributed by atoms with Crippen molar-refractivity contribution >= 4 is 45.3 Å². The summed E-state index contributed by atoms with van der Waals surface area (Å²) in [6.07, 6.45) is 5.69. The maximum atomic E-state index is 13.0. The molecule has 4 aliphatic rings.